The summed E-state index contributed by atoms with van der Waals surface area (Å²) in [6.07, 6.45) is -2.20. The molecule has 0 bridgehead atoms. The summed E-state index contributed by atoms with van der Waals surface area (Å²) in [6, 6.07) is 6.41. The number of aliphatic hydroxyl groups is 3. The van der Waals surface area contributed by atoms with Gasteiger partial charge in [-0.3, -0.25) is 4.79 Å². The van der Waals surface area contributed by atoms with Crippen LogP contribution in [0.2, 0.25) is 0 Å². The van der Waals surface area contributed by atoms with Crippen LogP contribution in [-0.4, -0.2) is 86.5 Å². The Morgan fingerprint density at radius 1 is 1.08 bits per heavy atom. The van der Waals surface area contributed by atoms with Gasteiger partial charge in [-0.25, -0.2) is 0 Å². The number of para-hydroxylation sites is 1. The monoisotopic (exact) mass is 512 g/mol. The van der Waals surface area contributed by atoms with Crippen molar-refractivity contribution in [2.24, 2.45) is 5.41 Å². The molecule has 4 atom stereocenters. The first kappa shape index (κ1) is 30.5. The van der Waals surface area contributed by atoms with Crippen LogP contribution >= 0.6 is 0 Å². The summed E-state index contributed by atoms with van der Waals surface area (Å²) in [5.41, 5.74) is 2.27. The fourth-order valence-electron chi connectivity index (χ4n) is 4.51. The summed E-state index contributed by atoms with van der Waals surface area (Å²) in [4.78, 5) is 10.4. The number of rotatable bonds is 10. The minimum Gasteiger partial charge on any atom is -0.496 e. The molecule has 2 saturated heterocycles. The number of carbonyl (C=O) groups excluding carboxylic acids is 1. The van der Waals surface area contributed by atoms with E-state index >= 15 is 0 Å². The first-order valence-corrected chi connectivity index (χ1v) is 12.7. The minimum atomic E-state index is -1.12. The standard InChI is InChI=1S/C14H24O8.C13H20O/c15-6-11-13(18)10(17)5-12(22-11)21-8-14(7-20-9-16)1-3-19-4-2-14;1-9(2)11-7-6-8-12(10(3)4)13(11)14-5/h9-13,15,17-18H,1-8H2;6-10H,1-5H3. The number of ether oxygens (including phenoxy) is 5. The average Bonchev–Trinajstić information content (AvgIpc) is 2.88. The van der Waals surface area contributed by atoms with Crippen LogP contribution in [0.1, 0.15) is 69.9 Å². The van der Waals surface area contributed by atoms with Gasteiger partial charge in [0.1, 0.15) is 18.0 Å². The maximum atomic E-state index is 10.4. The SMILES string of the molecule is COc1c(C(C)C)cccc1C(C)C.O=COCC1(COC2CC(O)C(O)C(CO)O2)CCOCC1. The van der Waals surface area contributed by atoms with Gasteiger partial charge >= 0.3 is 0 Å². The molecule has 9 heteroatoms. The molecule has 2 fully saturated rings. The highest BCUT2D eigenvalue weighted by atomic mass is 16.7. The number of benzene rings is 1. The van der Waals surface area contributed by atoms with Crippen molar-refractivity contribution in [2.75, 3.05) is 40.1 Å². The Kier molecular flexibility index (Phi) is 12.6. The Labute approximate surface area is 214 Å². The van der Waals surface area contributed by atoms with Gasteiger partial charge in [-0.15, -0.1) is 0 Å². The zero-order chi connectivity index (χ0) is 26.7. The van der Waals surface area contributed by atoms with Crippen molar-refractivity contribution >= 4 is 6.47 Å². The van der Waals surface area contributed by atoms with Crippen LogP contribution in [-0.2, 0) is 23.7 Å². The topological polar surface area (TPSA) is 124 Å². The fourth-order valence-corrected chi connectivity index (χ4v) is 4.51. The van der Waals surface area contributed by atoms with Crippen molar-refractivity contribution in [3.8, 4) is 5.75 Å². The van der Waals surface area contributed by atoms with Crippen molar-refractivity contribution in [1.82, 2.24) is 0 Å². The van der Waals surface area contributed by atoms with Gasteiger partial charge in [-0.1, -0.05) is 45.9 Å². The van der Waals surface area contributed by atoms with E-state index in [1.54, 1.807) is 7.11 Å². The predicted octanol–water partition coefficient (Wildman–Crippen LogP) is 2.74. The molecule has 2 aliphatic heterocycles. The van der Waals surface area contributed by atoms with Crippen molar-refractivity contribution in [3.63, 3.8) is 0 Å². The lowest BCUT2D eigenvalue weighted by Gasteiger charge is -2.40. The van der Waals surface area contributed by atoms with Crippen LogP contribution in [0.3, 0.4) is 0 Å². The average molecular weight is 513 g/mol. The summed E-state index contributed by atoms with van der Waals surface area (Å²) in [6.45, 7) is 10.5. The Morgan fingerprint density at radius 3 is 2.19 bits per heavy atom. The number of hydrogen-bond donors (Lipinski definition) is 3. The Hall–Kier alpha value is -1.75. The van der Waals surface area contributed by atoms with Crippen LogP contribution in [0.5, 0.6) is 5.75 Å². The van der Waals surface area contributed by atoms with Gasteiger partial charge in [-0.2, -0.15) is 0 Å². The van der Waals surface area contributed by atoms with Gasteiger partial charge in [0.2, 0.25) is 0 Å². The zero-order valence-electron chi connectivity index (χ0n) is 22.2. The molecule has 0 aliphatic carbocycles. The molecule has 0 saturated carbocycles. The van der Waals surface area contributed by atoms with Crippen LogP contribution in [0.25, 0.3) is 0 Å². The second-order valence-electron chi connectivity index (χ2n) is 10.2. The molecule has 1 aromatic rings. The molecule has 2 heterocycles. The quantitative estimate of drug-likeness (QED) is 0.406. The molecule has 4 unspecified atom stereocenters. The summed E-state index contributed by atoms with van der Waals surface area (Å²) >= 11 is 0. The third-order valence-electron chi connectivity index (χ3n) is 6.83. The zero-order valence-corrected chi connectivity index (χ0v) is 22.2. The van der Waals surface area contributed by atoms with Crippen LogP contribution in [0.15, 0.2) is 18.2 Å². The van der Waals surface area contributed by atoms with E-state index < -0.39 is 31.2 Å². The Bertz CT molecular complexity index is 750. The highest BCUT2D eigenvalue weighted by molar-refractivity contribution is 5.44. The van der Waals surface area contributed by atoms with Crippen molar-refractivity contribution in [2.45, 2.75) is 83.4 Å². The second kappa shape index (κ2) is 14.9. The van der Waals surface area contributed by atoms with Gasteiger partial charge < -0.3 is 39.0 Å². The Balaban J connectivity index is 0.000000281. The molecule has 0 aromatic heterocycles. The fraction of sp³-hybridized carbons (Fsp3) is 0.741. The van der Waals surface area contributed by atoms with E-state index in [-0.39, 0.29) is 25.0 Å². The summed E-state index contributed by atoms with van der Waals surface area (Å²) < 4.78 is 26.9. The molecule has 0 spiro atoms. The molecule has 0 radical (unpaired) electrons. The molecular weight excluding hydrogens is 468 g/mol. The molecule has 206 valence electrons. The van der Waals surface area contributed by atoms with Gasteiger partial charge in [0.05, 0.1) is 33.0 Å². The Morgan fingerprint density at radius 2 is 1.69 bits per heavy atom. The van der Waals surface area contributed by atoms with E-state index in [0.29, 0.717) is 44.4 Å². The molecule has 2 aliphatic rings. The van der Waals surface area contributed by atoms with E-state index in [2.05, 4.69) is 45.9 Å². The van der Waals surface area contributed by atoms with Crippen LogP contribution < -0.4 is 4.74 Å². The third-order valence-corrected chi connectivity index (χ3v) is 6.83. The second-order valence-corrected chi connectivity index (χ2v) is 10.2. The lowest BCUT2D eigenvalue weighted by Crippen LogP contribution is -2.51. The predicted molar refractivity (Wildman–Crippen MR) is 134 cm³/mol. The highest BCUT2D eigenvalue weighted by Crippen LogP contribution is 2.34. The van der Waals surface area contributed by atoms with Crippen molar-refractivity contribution < 1.29 is 43.8 Å². The smallest absolute Gasteiger partial charge is 0.293 e. The normalized spacial score (nSPS) is 25.7. The van der Waals surface area contributed by atoms with Gasteiger partial charge in [0, 0.05) is 25.0 Å². The van der Waals surface area contributed by atoms with Crippen molar-refractivity contribution in [3.05, 3.63) is 29.3 Å². The summed E-state index contributed by atoms with van der Waals surface area (Å²) in [5.74, 6) is 2.10. The molecule has 3 rings (SSSR count). The number of aliphatic hydroxyl groups excluding tert-OH is 3. The molecule has 0 amide bonds. The van der Waals surface area contributed by atoms with Crippen LogP contribution in [0.4, 0.5) is 0 Å². The number of hydrogen-bond acceptors (Lipinski definition) is 9. The lowest BCUT2D eigenvalue weighted by atomic mass is 9.82. The van der Waals surface area contributed by atoms with Crippen LogP contribution in [0, 0.1) is 5.41 Å². The molecule has 1 aromatic carbocycles. The molecule has 9 nitrogen and oxygen atoms in total. The number of methoxy groups -OCH3 is 1. The first-order valence-electron chi connectivity index (χ1n) is 12.7. The maximum Gasteiger partial charge on any atom is 0.293 e. The highest BCUT2D eigenvalue weighted by Gasteiger charge is 2.39. The summed E-state index contributed by atoms with van der Waals surface area (Å²) in [5, 5.41) is 28.6. The van der Waals surface area contributed by atoms with E-state index in [9.17, 15) is 15.0 Å². The van der Waals surface area contributed by atoms with Gasteiger partial charge in [-0.05, 0) is 35.8 Å². The van der Waals surface area contributed by atoms with Crippen molar-refractivity contribution in [1.29, 1.82) is 0 Å². The maximum absolute atomic E-state index is 10.4. The first-order chi connectivity index (χ1) is 17.2. The van der Waals surface area contributed by atoms with Gasteiger partial charge in [0.15, 0.2) is 6.29 Å². The largest absolute Gasteiger partial charge is 0.496 e. The third kappa shape index (κ3) is 8.39. The number of carbonyl (C=O) groups is 1. The molecule has 3 N–H and O–H groups in total. The lowest BCUT2D eigenvalue weighted by molar-refractivity contribution is -0.267. The summed E-state index contributed by atoms with van der Waals surface area (Å²) in [7, 11) is 1.76. The van der Waals surface area contributed by atoms with Gasteiger partial charge in [0.25, 0.3) is 6.47 Å². The van der Waals surface area contributed by atoms with E-state index in [4.69, 9.17) is 28.8 Å². The van der Waals surface area contributed by atoms with E-state index in [1.165, 1.54) is 11.1 Å². The minimum absolute atomic E-state index is 0.124. The molecular formula is C27H44O9. The molecule has 36 heavy (non-hydrogen) atoms. The van der Waals surface area contributed by atoms with E-state index in [1.807, 2.05) is 0 Å². The van der Waals surface area contributed by atoms with E-state index in [0.717, 1.165) is 5.75 Å².